The first-order chi connectivity index (χ1) is 4.06. The zero-order valence-corrected chi connectivity index (χ0v) is 9.27. The van der Waals surface area contributed by atoms with Gasteiger partial charge in [-0.3, -0.25) is 0 Å². The monoisotopic (exact) mass is 300 g/mol. The first-order valence-electron chi connectivity index (χ1n) is 2.69. The van der Waals surface area contributed by atoms with Crippen LogP contribution in [-0.4, -0.2) is 8.22 Å². The molecule has 0 aromatic heterocycles. The van der Waals surface area contributed by atoms with Crippen molar-refractivity contribution in [3.63, 3.8) is 0 Å². The molecule has 0 atom stereocenters. The minimum atomic E-state index is -1.04. The van der Waals surface area contributed by atoms with E-state index in [1.165, 1.54) is 0 Å². The molecule has 0 radical (unpaired) electrons. The third-order valence-corrected chi connectivity index (χ3v) is 2.17. The molecule has 0 heterocycles. The van der Waals surface area contributed by atoms with Gasteiger partial charge in [0.1, 0.15) is 0 Å². The zero-order valence-electron chi connectivity index (χ0n) is 4.84. The average Bonchev–Trinajstić information content (AvgIpc) is 1.63. The Morgan fingerprint density at radius 1 is 1.11 bits per heavy atom. The second-order valence-electron chi connectivity index (χ2n) is 1.76. The molecule has 56 valence electrons. The molecule has 0 aliphatic carbocycles. The number of unbranched alkanes of at least 4 members (excludes halogenated alkanes) is 1. The van der Waals surface area contributed by atoms with E-state index < -0.39 is 3.79 Å². The Balaban J connectivity index is 3.07. The van der Waals surface area contributed by atoms with Gasteiger partial charge in [-0.1, -0.05) is 57.4 Å². The lowest BCUT2D eigenvalue weighted by molar-refractivity contribution is 0.744. The lowest BCUT2D eigenvalue weighted by Crippen LogP contribution is -2.00. The third-order valence-electron chi connectivity index (χ3n) is 0.844. The molecule has 0 aromatic carbocycles. The summed E-state index contributed by atoms with van der Waals surface area (Å²) in [5.74, 6) is 0. The number of hydrogen-bond acceptors (Lipinski definition) is 0. The predicted molar refractivity (Wildman–Crippen MR) is 53.0 cm³/mol. The normalized spacial score (nSPS) is 12.0. The summed E-state index contributed by atoms with van der Waals surface area (Å²) in [7, 11) is 0. The van der Waals surface area contributed by atoms with Gasteiger partial charge in [-0.15, -0.1) is 0 Å². The lowest BCUT2D eigenvalue weighted by Gasteiger charge is -2.08. The lowest BCUT2D eigenvalue weighted by atomic mass is 10.3. The molecule has 0 saturated heterocycles. The second kappa shape index (κ2) is 5.28. The summed E-state index contributed by atoms with van der Waals surface area (Å²) in [5, 5.41) is 0. The average molecular weight is 301 g/mol. The minimum Gasteiger partial charge on any atom is -0.0864 e. The standard InChI is InChI=1S/C5H8Cl3I/c6-5(7,8)3-1-2-4-9/h1-4H2. The van der Waals surface area contributed by atoms with Crippen molar-refractivity contribution < 1.29 is 0 Å². The summed E-state index contributed by atoms with van der Waals surface area (Å²) in [4.78, 5) is 0. The van der Waals surface area contributed by atoms with Crippen LogP contribution in [0, 0.1) is 0 Å². The predicted octanol–water partition coefficient (Wildman–Crippen LogP) is 3.96. The van der Waals surface area contributed by atoms with Crippen molar-refractivity contribution in [2.24, 2.45) is 0 Å². The van der Waals surface area contributed by atoms with E-state index in [1.807, 2.05) is 0 Å². The summed E-state index contributed by atoms with van der Waals surface area (Å²) >= 11 is 18.8. The maximum Gasteiger partial charge on any atom is 0.190 e. The maximum atomic E-state index is 5.50. The summed E-state index contributed by atoms with van der Waals surface area (Å²) in [6, 6.07) is 0. The van der Waals surface area contributed by atoms with Crippen molar-refractivity contribution in [1.29, 1.82) is 0 Å². The molecule has 0 amide bonds. The fraction of sp³-hybridized carbons (Fsp3) is 1.00. The van der Waals surface area contributed by atoms with E-state index in [1.54, 1.807) is 0 Å². The van der Waals surface area contributed by atoms with E-state index in [9.17, 15) is 0 Å². The Morgan fingerprint density at radius 3 is 2.00 bits per heavy atom. The molecule has 0 rings (SSSR count). The van der Waals surface area contributed by atoms with Crippen molar-refractivity contribution in [3.05, 3.63) is 0 Å². The molecule has 0 aliphatic heterocycles. The second-order valence-corrected chi connectivity index (χ2v) is 5.36. The number of hydrogen-bond donors (Lipinski definition) is 0. The Hall–Kier alpha value is 1.60. The van der Waals surface area contributed by atoms with E-state index in [4.69, 9.17) is 34.8 Å². The van der Waals surface area contributed by atoms with E-state index in [2.05, 4.69) is 22.6 Å². The van der Waals surface area contributed by atoms with E-state index >= 15 is 0 Å². The van der Waals surface area contributed by atoms with Gasteiger partial charge in [0, 0.05) is 0 Å². The molecule has 0 aromatic rings. The number of alkyl halides is 4. The van der Waals surface area contributed by atoms with Crippen LogP contribution in [0.3, 0.4) is 0 Å². The quantitative estimate of drug-likeness (QED) is 0.420. The maximum absolute atomic E-state index is 5.50. The van der Waals surface area contributed by atoms with Gasteiger partial charge in [0.25, 0.3) is 0 Å². The van der Waals surface area contributed by atoms with Gasteiger partial charge in [-0.25, -0.2) is 0 Å². The minimum absolute atomic E-state index is 0.667. The summed E-state index contributed by atoms with van der Waals surface area (Å²) in [6.45, 7) is 0. The summed E-state index contributed by atoms with van der Waals surface area (Å²) < 4.78 is 0.102. The highest BCUT2D eigenvalue weighted by molar-refractivity contribution is 14.1. The molecule has 9 heavy (non-hydrogen) atoms. The van der Waals surface area contributed by atoms with Crippen LogP contribution in [0.5, 0.6) is 0 Å². The van der Waals surface area contributed by atoms with Gasteiger partial charge in [-0.2, -0.15) is 0 Å². The molecular formula is C5H8Cl3I. The topological polar surface area (TPSA) is 0 Å². The van der Waals surface area contributed by atoms with Crippen molar-refractivity contribution in [3.8, 4) is 0 Å². The smallest absolute Gasteiger partial charge is 0.0864 e. The molecule has 0 aliphatic rings. The van der Waals surface area contributed by atoms with Gasteiger partial charge in [0.05, 0.1) is 0 Å². The Morgan fingerprint density at radius 2 is 1.67 bits per heavy atom. The molecule has 0 nitrogen and oxygen atoms in total. The van der Waals surface area contributed by atoms with Gasteiger partial charge in [-0.05, 0) is 23.7 Å². The molecule has 0 bridgehead atoms. The highest BCUT2D eigenvalue weighted by Crippen LogP contribution is 2.31. The van der Waals surface area contributed by atoms with Crippen LogP contribution in [-0.2, 0) is 0 Å². The van der Waals surface area contributed by atoms with Crippen molar-refractivity contribution in [2.75, 3.05) is 4.43 Å². The van der Waals surface area contributed by atoms with E-state index in [-0.39, 0.29) is 0 Å². The highest BCUT2D eigenvalue weighted by atomic mass is 127. The molecule has 0 spiro atoms. The van der Waals surface area contributed by atoms with Crippen molar-refractivity contribution in [2.45, 2.75) is 23.1 Å². The zero-order chi connectivity index (χ0) is 7.33. The SMILES string of the molecule is ClC(Cl)(Cl)CCCCI. The molecule has 0 unspecified atom stereocenters. The van der Waals surface area contributed by atoms with E-state index in [0.29, 0.717) is 6.42 Å². The fourth-order valence-corrected chi connectivity index (χ4v) is 1.36. The highest BCUT2D eigenvalue weighted by Gasteiger charge is 2.17. The van der Waals surface area contributed by atoms with Crippen LogP contribution in [0.15, 0.2) is 0 Å². The van der Waals surface area contributed by atoms with Gasteiger partial charge >= 0.3 is 0 Å². The van der Waals surface area contributed by atoms with Crippen molar-refractivity contribution in [1.82, 2.24) is 0 Å². The van der Waals surface area contributed by atoms with E-state index in [0.717, 1.165) is 17.3 Å². The van der Waals surface area contributed by atoms with Gasteiger partial charge in [0.2, 0.25) is 0 Å². The van der Waals surface area contributed by atoms with Gasteiger partial charge < -0.3 is 0 Å². The first kappa shape index (κ1) is 10.6. The Labute approximate surface area is 84.4 Å². The van der Waals surface area contributed by atoms with Crippen LogP contribution >= 0.6 is 57.4 Å². The summed E-state index contributed by atoms with van der Waals surface area (Å²) in [6.07, 6.45) is 2.80. The molecular weight excluding hydrogens is 293 g/mol. The van der Waals surface area contributed by atoms with Crippen LogP contribution in [0.1, 0.15) is 19.3 Å². The molecule has 0 N–H and O–H groups in total. The Kier molecular flexibility index (Phi) is 6.21. The van der Waals surface area contributed by atoms with Crippen molar-refractivity contribution >= 4 is 57.4 Å². The van der Waals surface area contributed by atoms with Crippen LogP contribution < -0.4 is 0 Å². The largest absolute Gasteiger partial charge is 0.190 e. The first-order valence-corrected chi connectivity index (χ1v) is 5.35. The van der Waals surface area contributed by atoms with Crippen LogP contribution in [0.4, 0.5) is 0 Å². The third kappa shape index (κ3) is 9.60. The number of rotatable bonds is 3. The molecule has 4 heteroatoms. The van der Waals surface area contributed by atoms with Gasteiger partial charge in [0.15, 0.2) is 3.79 Å². The number of halogens is 4. The molecule has 0 saturated carbocycles. The Bertz CT molecular complexity index is 69.1. The van der Waals surface area contributed by atoms with Crippen LogP contribution in [0.2, 0.25) is 0 Å². The fourth-order valence-electron chi connectivity index (χ4n) is 0.420. The molecule has 0 fully saturated rings. The summed E-state index contributed by atoms with van der Waals surface area (Å²) in [5.41, 5.74) is 0. The van der Waals surface area contributed by atoms with Crippen LogP contribution in [0.25, 0.3) is 0 Å².